The largest absolute Gasteiger partial charge is 0.478 e. The Labute approximate surface area is 89.7 Å². The monoisotopic (exact) mass is 208 g/mol. The molecule has 82 valence electrons. The Kier molecular flexibility index (Phi) is 3.48. The van der Waals surface area contributed by atoms with E-state index in [1.807, 2.05) is 19.9 Å². The van der Waals surface area contributed by atoms with Crippen molar-refractivity contribution in [3.63, 3.8) is 0 Å². The van der Waals surface area contributed by atoms with Crippen LogP contribution in [-0.4, -0.2) is 23.8 Å². The molecule has 0 aliphatic heterocycles. The zero-order valence-electron chi connectivity index (χ0n) is 9.28. The second-order valence-corrected chi connectivity index (χ2v) is 4.15. The summed E-state index contributed by atoms with van der Waals surface area (Å²) in [6.45, 7) is 3.95. The molecule has 3 nitrogen and oxygen atoms in total. The van der Waals surface area contributed by atoms with Crippen LogP contribution in [0.5, 0.6) is 0 Å². The summed E-state index contributed by atoms with van der Waals surface area (Å²) in [7, 11) is 1.65. The maximum Gasteiger partial charge on any atom is 0.335 e. The molecule has 0 amide bonds. The van der Waals surface area contributed by atoms with Gasteiger partial charge in [-0.15, -0.1) is 0 Å². The van der Waals surface area contributed by atoms with E-state index in [9.17, 15) is 4.79 Å². The van der Waals surface area contributed by atoms with Gasteiger partial charge in [0.15, 0.2) is 0 Å². The SMILES string of the molecule is COC(C)(C)Cc1cccc(C(=O)O)c1. The highest BCUT2D eigenvalue weighted by Crippen LogP contribution is 2.16. The number of carbonyl (C=O) groups is 1. The fraction of sp³-hybridized carbons (Fsp3) is 0.417. The van der Waals surface area contributed by atoms with Gasteiger partial charge in [0.05, 0.1) is 11.2 Å². The first-order valence-corrected chi connectivity index (χ1v) is 4.82. The van der Waals surface area contributed by atoms with E-state index in [0.717, 1.165) is 5.56 Å². The molecule has 0 radical (unpaired) electrons. The number of benzene rings is 1. The van der Waals surface area contributed by atoms with Crippen molar-refractivity contribution in [1.29, 1.82) is 0 Å². The van der Waals surface area contributed by atoms with Crippen LogP contribution in [0.3, 0.4) is 0 Å². The van der Waals surface area contributed by atoms with Crippen molar-refractivity contribution in [1.82, 2.24) is 0 Å². The van der Waals surface area contributed by atoms with Crippen LogP contribution in [0, 0.1) is 0 Å². The number of carboxylic acid groups (broad SMARTS) is 1. The van der Waals surface area contributed by atoms with Gasteiger partial charge in [0.25, 0.3) is 0 Å². The van der Waals surface area contributed by atoms with Crippen LogP contribution in [0.4, 0.5) is 0 Å². The summed E-state index contributed by atoms with van der Waals surface area (Å²) in [6.07, 6.45) is 0.699. The molecule has 0 saturated carbocycles. The molecule has 0 atom stereocenters. The molecular formula is C12H16O3. The quantitative estimate of drug-likeness (QED) is 0.826. The highest BCUT2D eigenvalue weighted by Gasteiger charge is 2.17. The van der Waals surface area contributed by atoms with Crippen LogP contribution in [0.15, 0.2) is 24.3 Å². The predicted octanol–water partition coefficient (Wildman–Crippen LogP) is 2.35. The average molecular weight is 208 g/mol. The number of carboxylic acids is 1. The highest BCUT2D eigenvalue weighted by atomic mass is 16.5. The molecule has 0 aromatic heterocycles. The minimum Gasteiger partial charge on any atom is -0.478 e. The van der Waals surface area contributed by atoms with Crippen LogP contribution < -0.4 is 0 Å². The Bertz CT molecular complexity index is 356. The minimum atomic E-state index is -0.896. The Balaban J connectivity index is 2.87. The Morgan fingerprint density at radius 2 is 2.13 bits per heavy atom. The van der Waals surface area contributed by atoms with Crippen molar-refractivity contribution in [2.24, 2.45) is 0 Å². The van der Waals surface area contributed by atoms with Crippen LogP contribution in [0.2, 0.25) is 0 Å². The van der Waals surface area contributed by atoms with Crippen molar-refractivity contribution in [3.05, 3.63) is 35.4 Å². The van der Waals surface area contributed by atoms with Crippen molar-refractivity contribution >= 4 is 5.97 Å². The first-order chi connectivity index (χ1) is 6.94. The summed E-state index contributed by atoms with van der Waals surface area (Å²) in [5.41, 5.74) is 1.03. The van der Waals surface area contributed by atoms with Crippen molar-refractivity contribution < 1.29 is 14.6 Å². The Hall–Kier alpha value is -1.35. The van der Waals surface area contributed by atoms with Crippen molar-refractivity contribution in [3.8, 4) is 0 Å². The zero-order valence-corrected chi connectivity index (χ0v) is 9.28. The molecule has 3 heteroatoms. The molecule has 1 rings (SSSR count). The number of methoxy groups -OCH3 is 1. The second-order valence-electron chi connectivity index (χ2n) is 4.15. The lowest BCUT2D eigenvalue weighted by Gasteiger charge is -2.22. The molecule has 1 aromatic rings. The van der Waals surface area contributed by atoms with Gasteiger partial charge < -0.3 is 9.84 Å². The van der Waals surface area contributed by atoms with Crippen LogP contribution in [0.25, 0.3) is 0 Å². The molecule has 0 spiro atoms. The van der Waals surface area contributed by atoms with Gasteiger partial charge in [-0.25, -0.2) is 4.79 Å². The summed E-state index contributed by atoms with van der Waals surface area (Å²) in [4.78, 5) is 10.8. The van der Waals surface area contributed by atoms with E-state index in [-0.39, 0.29) is 5.60 Å². The number of ether oxygens (including phenoxy) is 1. The summed E-state index contributed by atoms with van der Waals surface area (Å²) in [6, 6.07) is 6.94. The summed E-state index contributed by atoms with van der Waals surface area (Å²) < 4.78 is 5.29. The fourth-order valence-corrected chi connectivity index (χ4v) is 1.38. The lowest BCUT2D eigenvalue weighted by Crippen LogP contribution is -2.25. The molecular weight excluding hydrogens is 192 g/mol. The molecule has 0 aliphatic carbocycles. The molecule has 0 heterocycles. The fourth-order valence-electron chi connectivity index (χ4n) is 1.38. The third-order valence-electron chi connectivity index (χ3n) is 2.36. The number of rotatable bonds is 4. The van der Waals surface area contributed by atoms with Gasteiger partial charge >= 0.3 is 5.97 Å². The van der Waals surface area contributed by atoms with Gasteiger partial charge in [-0.3, -0.25) is 0 Å². The van der Waals surface area contributed by atoms with E-state index in [4.69, 9.17) is 9.84 Å². The minimum absolute atomic E-state index is 0.267. The van der Waals surface area contributed by atoms with Crippen molar-refractivity contribution in [2.45, 2.75) is 25.9 Å². The molecule has 15 heavy (non-hydrogen) atoms. The van der Waals surface area contributed by atoms with Gasteiger partial charge in [-0.05, 0) is 31.5 Å². The summed E-state index contributed by atoms with van der Waals surface area (Å²) in [5, 5.41) is 8.83. The molecule has 0 saturated heterocycles. The Morgan fingerprint density at radius 1 is 1.47 bits per heavy atom. The summed E-state index contributed by atoms with van der Waals surface area (Å²) >= 11 is 0. The third-order valence-corrected chi connectivity index (χ3v) is 2.36. The van der Waals surface area contributed by atoms with Gasteiger partial charge in [0.2, 0.25) is 0 Å². The highest BCUT2D eigenvalue weighted by molar-refractivity contribution is 5.87. The van der Waals surface area contributed by atoms with E-state index >= 15 is 0 Å². The van der Waals surface area contributed by atoms with Crippen LogP contribution in [0.1, 0.15) is 29.8 Å². The third kappa shape index (κ3) is 3.36. The lowest BCUT2D eigenvalue weighted by atomic mass is 9.97. The maximum absolute atomic E-state index is 10.8. The van der Waals surface area contributed by atoms with E-state index in [0.29, 0.717) is 12.0 Å². The Morgan fingerprint density at radius 3 is 2.67 bits per heavy atom. The van der Waals surface area contributed by atoms with E-state index in [1.165, 1.54) is 0 Å². The molecule has 1 aromatic carbocycles. The molecule has 0 bridgehead atoms. The normalized spacial score (nSPS) is 11.4. The molecule has 0 unspecified atom stereocenters. The van der Waals surface area contributed by atoms with Gasteiger partial charge in [0, 0.05) is 13.5 Å². The molecule has 0 fully saturated rings. The number of aromatic carboxylic acids is 1. The smallest absolute Gasteiger partial charge is 0.335 e. The van der Waals surface area contributed by atoms with E-state index in [2.05, 4.69) is 0 Å². The molecule has 0 aliphatic rings. The summed E-state index contributed by atoms with van der Waals surface area (Å²) in [5.74, 6) is -0.896. The van der Waals surface area contributed by atoms with Crippen molar-refractivity contribution in [2.75, 3.05) is 7.11 Å². The van der Waals surface area contributed by atoms with E-state index in [1.54, 1.807) is 25.3 Å². The van der Waals surface area contributed by atoms with Crippen LogP contribution >= 0.6 is 0 Å². The number of hydrogen-bond donors (Lipinski definition) is 1. The van der Waals surface area contributed by atoms with Gasteiger partial charge in [-0.2, -0.15) is 0 Å². The van der Waals surface area contributed by atoms with E-state index < -0.39 is 5.97 Å². The predicted molar refractivity (Wildman–Crippen MR) is 58.2 cm³/mol. The average Bonchev–Trinajstić information content (AvgIpc) is 2.17. The maximum atomic E-state index is 10.8. The number of hydrogen-bond acceptors (Lipinski definition) is 2. The standard InChI is InChI=1S/C12H16O3/c1-12(2,15-3)8-9-5-4-6-10(7-9)11(13)14/h4-7H,8H2,1-3H3,(H,13,14). The topological polar surface area (TPSA) is 46.5 Å². The van der Waals surface area contributed by atoms with Gasteiger partial charge in [-0.1, -0.05) is 12.1 Å². The first kappa shape index (κ1) is 11.7. The second kappa shape index (κ2) is 4.45. The lowest BCUT2D eigenvalue weighted by molar-refractivity contribution is 0.0231. The van der Waals surface area contributed by atoms with Crippen LogP contribution in [-0.2, 0) is 11.2 Å². The zero-order chi connectivity index (χ0) is 11.5. The van der Waals surface area contributed by atoms with Gasteiger partial charge in [0.1, 0.15) is 0 Å². The first-order valence-electron chi connectivity index (χ1n) is 4.82. The molecule has 1 N–H and O–H groups in total.